The van der Waals surface area contributed by atoms with E-state index in [1.807, 2.05) is 0 Å². The molecule has 4 rings (SSSR count). The molecule has 0 bridgehead atoms. The van der Waals surface area contributed by atoms with E-state index < -0.39 is 0 Å². The molecule has 0 aromatic heterocycles. The van der Waals surface area contributed by atoms with Crippen molar-refractivity contribution in [1.29, 1.82) is 0 Å². The molecule has 1 N–H and O–H groups in total. The average molecular weight is 337 g/mol. The van der Waals surface area contributed by atoms with E-state index in [9.17, 15) is 0 Å². The van der Waals surface area contributed by atoms with Crippen LogP contribution in [0.3, 0.4) is 0 Å². The van der Waals surface area contributed by atoms with Gasteiger partial charge in [-0.2, -0.15) is 0 Å². The van der Waals surface area contributed by atoms with E-state index >= 15 is 0 Å². The fourth-order valence-electron chi connectivity index (χ4n) is 3.71. The summed E-state index contributed by atoms with van der Waals surface area (Å²) in [4.78, 5) is 2.65. The van der Waals surface area contributed by atoms with Crippen LogP contribution < -0.4 is 5.32 Å². The van der Waals surface area contributed by atoms with Crippen LogP contribution in [0.2, 0.25) is 0 Å². The third kappa shape index (κ3) is 3.02. The van der Waals surface area contributed by atoms with E-state index in [-0.39, 0.29) is 24.8 Å². The maximum atomic E-state index is 3.54. The minimum absolute atomic E-state index is 0. The molecule has 0 amide bonds. The molecule has 22 heavy (non-hydrogen) atoms. The van der Waals surface area contributed by atoms with Crippen molar-refractivity contribution in [3.05, 3.63) is 71.3 Å². The minimum Gasteiger partial charge on any atom is -0.314 e. The zero-order valence-corrected chi connectivity index (χ0v) is 14.1. The Morgan fingerprint density at radius 2 is 1.55 bits per heavy atom. The molecule has 4 heteroatoms. The zero-order valence-electron chi connectivity index (χ0n) is 12.4. The lowest BCUT2D eigenvalue weighted by atomic mass is 9.81. The first-order valence-electron chi connectivity index (χ1n) is 7.52. The number of hydrogen-bond donors (Lipinski definition) is 1. The molecule has 2 nitrogen and oxygen atoms in total. The summed E-state index contributed by atoms with van der Waals surface area (Å²) in [5.74, 6) is 0.516. The van der Waals surface area contributed by atoms with Gasteiger partial charge in [-0.1, -0.05) is 54.6 Å². The van der Waals surface area contributed by atoms with Crippen molar-refractivity contribution in [3.8, 4) is 0 Å². The summed E-state index contributed by atoms with van der Waals surface area (Å²) in [6.07, 6.45) is 0. The highest BCUT2D eigenvalue weighted by molar-refractivity contribution is 5.85. The predicted molar refractivity (Wildman–Crippen MR) is 96.4 cm³/mol. The monoisotopic (exact) mass is 336 g/mol. The van der Waals surface area contributed by atoms with Gasteiger partial charge in [-0.05, 0) is 16.7 Å². The summed E-state index contributed by atoms with van der Waals surface area (Å²) in [5, 5.41) is 3.54. The van der Waals surface area contributed by atoms with Crippen LogP contribution in [0, 0.1) is 0 Å². The SMILES string of the molecule is Cl.Cl.c1ccc([C@H]2CN3CCNC[C@@H]3c3ccccc32)cc1. The standard InChI is InChI=1S/C18H20N2.2ClH/c1-2-6-14(7-3-1)17-13-20-11-10-19-12-18(20)16-9-5-4-8-15(16)17;;/h1-9,17-19H,10-13H2;2*1H/t17-,18-;;/m1../s1. The van der Waals surface area contributed by atoms with Crippen molar-refractivity contribution in [2.45, 2.75) is 12.0 Å². The molecule has 0 unspecified atom stereocenters. The molecule has 0 radical (unpaired) electrons. The first kappa shape index (κ1) is 17.3. The van der Waals surface area contributed by atoms with Gasteiger partial charge in [0.25, 0.3) is 0 Å². The molecule has 0 saturated carbocycles. The van der Waals surface area contributed by atoms with Crippen molar-refractivity contribution >= 4 is 24.8 Å². The van der Waals surface area contributed by atoms with Gasteiger partial charge in [-0.3, -0.25) is 4.90 Å². The smallest absolute Gasteiger partial charge is 0.0476 e. The van der Waals surface area contributed by atoms with Gasteiger partial charge in [0.1, 0.15) is 0 Å². The Balaban J connectivity index is 0.000000882. The second-order valence-electron chi connectivity index (χ2n) is 5.81. The van der Waals surface area contributed by atoms with Gasteiger partial charge in [0, 0.05) is 38.1 Å². The second-order valence-corrected chi connectivity index (χ2v) is 5.81. The van der Waals surface area contributed by atoms with Gasteiger partial charge in [-0.15, -0.1) is 24.8 Å². The topological polar surface area (TPSA) is 15.3 Å². The van der Waals surface area contributed by atoms with E-state index in [2.05, 4.69) is 64.8 Å². The van der Waals surface area contributed by atoms with Gasteiger partial charge in [0.15, 0.2) is 0 Å². The molecule has 0 spiro atoms. The van der Waals surface area contributed by atoms with Crippen LogP contribution in [0.4, 0.5) is 0 Å². The van der Waals surface area contributed by atoms with Gasteiger partial charge in [0.05, 0.1) is 0 Å². The molecule has 118 valence electrons. The van der Waals surface area contributed by atoms with Crippen LogP contribution in [-0.2, 0) is 0 Å². The molecule has 2 aromatic carbocycles. The number of fused-ring (bicyclic) bond motifs is 3. The Morgan fingerprint density at radius 3 is 2.32 bits per heavy atom. The molecular weight excluding hydrogens is 315 g/mol. The van der Waals surface area contributed by atoms with E-state index in [0.29, 0.717) is 12.0 Å². The lowest BCUT2D eigenvalue weighted by Gasteiger charge is -2.44. The molecule has 0 aliphatic carbocycles. The maximum absolute atomic E-state index is 3.54. The summed E-state index contributed by atoms with van der Waals surface area (Å²) in [6.45, 7) is 4.49. The highest BCUT2D eigenvalue weighted by Crippen LogP contribution is 2.39. The van der Waals surface area contributed by atoms with Crippen LogP contribution in [0.15, 0.2) is 54.6 Å². The van der Waals surface area contributed by atoms with Crippen LogP contribution in [0.1, 0.15) is 28.7 Å². The molecular formula is C18H22Cl2N2. The van der Waals surface area contributed by atoms with E-state index in [1.54, 1.807) is 0 Å². The number of nitrogens with zero attached hydrogens (tertiary/aromatic N) is 1. The number of benzene rings is 2. The minimum atomic E-state index is 0. The Hall–Kier alpha value is -1.06. The van der Waals surface area contributed by atoms with Crippen molar-refractivity contribution in [2.75, 3.05) is 26.2 Å². The van der Waals surface area contributed by atoms with E-state index in [0.717, 1.165) is 26.2 Å². The molecule has 1 saturated heterocycles. The number of rotatable bonds is 1. The van der Waals surface area contributed by atoms with Crippen LogP contribution in [0.5, 0.6) is 0 Å². The number of nitrogens with one attached hydrogen (secondary N) is 1. The Bertz CT molecular complexity index is 603. The zero-order chi connectivity index (χ0) is 13.4. The lowest BCUT2D eigenvalue weighted by Crippen LogP contribution is -2.50. The van der Waals surface area contributed by atoms with E-state index in [1.165, 1.54) is 16.7 Å². The van der Waals surface area contributed by atoms with Crippen LogP contribution in [-0.4, -0.2) is 31.1 Å². The van der Waals surface area contributed by atoms with Gasteiger partial charge < -0.3 is 5.32 Å². The normalized spacial score (nSPS) is 23.5. The highest BCUT2D eigenvalue weighted by atomic mass is 35.5. The fraction of sp³-hybridized carbons (Fsp3) is 0.333. The summed E-state index contributed by atoms with van der Waals surface area (Å²) < 4.78 is 0. The highest BCUT2D eigenvalue weighted by Gasteiger charge is 2.34. The number of halogens is 2. The fourth-order valence-corrected chi connectivity index (χ4v) is 3.71. The molecule has 2 heterocycles. The van der Waals surface area contributed by atoms with Crippen LogP contribution >= 0.6 is 24.8 Å². The Kier molecular flexibility index (Phi) is 5.87. The van der Waals surface area contributed by atoms with Gasteiger partial charge >= 0.3 is 0 Å². The van der Waals surface area contributed by atoms with Crippen molar-refractivity contribution in [3.63, 3.8) is 0 Å². The molecule has 2 aliphatic rings. The first-order valence-corrected chi connectivity index (χ1v) is 7.52. The van der Waals surface area contributed by atoms with Crippen molar-refractivity contribution in [1.82, 2.24) is 10.2 Å². The van der Waals surface area contributed by atoms with Crippen molar-refractivity contribution in [2.24, 2.45) is 0 Å². The summed E-state index contributed by atoms with van der Waals surface area (Å²) in [6, 6.07) is 20.5. The van der Waals surface area contributed by atoms with Crippen molar-refractivity contribution < 1.29 is 0 Å². The number of piperazine rings is 1. The second kappa shape index (κ2) is 7.47. The maximum Gasteiger partial charge on any atom is 0.0476 e. The van der Waals surface area contributed by atoms with Gasteiger partial charge in [0.2, 0.25) is 0 Å². The first-order chi connectivity index (χ1) is 9.93. The molecule has 2 aromatic rings. The van der Waals surface area contributed by atoms with Gasteiger partial charge in [-0.25, -0.2) is 0 Å². The number of hydrogen-bond acceptors (Lipinski definition) is 2. The average Bonchev–Trinajstić information content (AvgIpc) is 2.55. The Labute approximate surface area is 144 Å². The Morgan fingerprint density at radius 1 is 0.864 bits per heavy atom. The third-order valence-electron chi connectivity index (χ3n) is 4.70. The summed E-state index contributed by atoms with van der Waals surface area (Å²) in [5.41, 5.74) is 4.47. The lowest BCUT2D eigenvalue weighted by molar-refractivity contribution is 0.143. The largest absolute Gasteiger partial charge is 0.314 e. The van der Waals surface area contributed by atoms with E-state index in [4.69, 9.17) is 0 Å². The molecule has 2 aliphatic heterocycles. The summed E-state index contributed by atoms with van der Waals surface area (Å²) in [7, 11) is 0. The predicted octanol–water partition coefficient (Wildman–Crippen LogP) is 3.62. The quantitative estimate of drug-likeness (QED) is 0.855. The third-order valence-corrected chi connectivity index (χ3v) is 4.70. The molecule has 1 fully saturated rings. The van der Waals surface area contributed by atoms with Crippen LogP contribution in [0.25, 0.3) is 0 Å². The molecule has 2 atom stereocenters. The summed E-state index contributed by atoms with van der Waals surface area (Å²) >= 11 is 0.